The Hall–Kier alpha value is -2.77. The number of aromatic nitrogens is 4. The van der Waals surface area contributed by atoms with Crippen molar-refractivity contribution < 1.29 is 17.6 Å². The highest BCUT2D eigenvalue weighted by molar-refractivity contribution is 5.63. The number of hydrogen-bond acceptors (Lipinski definition) is 3. The third kappa shape index (κ3) is 3.27. The smallest absolute Gasteiger partial charge is 0.329 e. The molecule has 0 bridgehead atoms. The normalized spacial score (nSPS) is 11.7. The van der Waals surface area contributed by atoms with Crippen molar-refractivity contribution in [3.8, 4) is 11.1 Å². The number of benzene rings is 1. The van der Waals surface area contributed by atoms with Crippen LogP contribution in [-0.4, -0.2) is 19.7 Å². The van der Waals surface area contributed by atoms with Crippen LogP contribution < -0.4 is 0 Å². The Labute approximate surface area is 134 Å². The fourth-order valence-electron chi connectivity index (χ4n) is 2.31. The highest BCUT2D eigenvalue weighted by atomic mass is 19.4. The first kappa shape index (κ1) is 16.1. The fraction of sp³-hybridized carbons (Fsp3) is 0.188. The number of rotatable bonds is 3. The summed E-state index contributed by atoms with van der Waals surface area (Å²) in [6, 6.07) is 4.49. The maximum absolute atomic E-state index is 13.4. The SMILES string of the molecule is Cc1nccn1Cc1cc(-c2ccc(F)c(C(F)(F)F)c2)cnn1. The molecule has 0 fully saturated rings. The summed E-state index contributed by atoms with van der Waals surface area (Å²) in [5, 5.41) is 7.80. The lowest BCUT2D eigenvalue weighted by molar-refractivity contribution is -0.139. The van der Waals surface area contributed by atoms with Gasteiger partial charge in [0.1, 0.15) is 11.6 Å². The average Bonchev–Trinajstić information content (AvgIpc) is 2.92. The number of aryl methyl sites for hydroxylation is 1. The Kier molecular flexibility index (Phi) is 4.04. The third-order valence-corrected chi connectivity index (χ3v) is 3.57. The predicted octanol–water partition coefficient (Wildman–Crippen LogP) is 3.85. The molecule has 0 N–H and O–H groups in total. The number of hydrogen-bond donors (Lipinski definition) is 0. The molecule has 1 aromatic carbocycles. The van der Waals surface area contributed by atoms with Crippen LogP contribution in [0.1, 0.15) is 17.1 Å². The van der Waals surface area contributed by atoms with E-state index in [4.69, 9.17) is 0 Å². The van der Waals surface area contributed by atoms with Gasteiger partial charge in [-0.1, -0.05) is 6.07 Å². The minimum absolute atomic E-state index is 0.224. The molecule has 8 heteroatoms. The highest BCUT2D eigenvalue weighted by Gasteiger charge is 2.34. The number of nitrogens with zero attached hydrogens (tertiary/aromatic N) is 4. The topological polar surface area (TPSA) is 43.6 Å². The second-order valence-electron chi connectivity index (χ2n) is 5.23. The molecule has 3 rings (SSSR count). The van der Waals surface area contributed by atoms with Gasteiger partial charge in [-0.3, -0.25) is 0 Å². The second kappa shape index (κ2) is 6.03. The Morgan fingerprint density at radius 2 is 1.92 bits per heavy atom. The lowest BCUT2D eigenvalue weighted by atomic mass is 10.0. The van der Waals surface area contributed by atoms with Gasteiger partial charge < -0.3 is 4.57 Å². The summed E-state index contributed by atoms with van der Waals surface area (Å²) in [4.78, 5) is 4.09. The molecule has 0 radical (unpaired) electrons. The summed E-state index contributed by atoms with van der Waals surface area (Å²) in [5.74, 6) is -0.522. The van der Waals surface area contributed by atoms with E-state index >= 15 is 0 Å². The second-order valence-corrected chi connectivity index (χ2v) is 5.23. The van der Waals surface area contributed by atoms with Crippen molar-refractivity contribution in [1.82, 2.24) is 19.7 Å². The van der Waals surface area contributed by atoms with Gasteiger partial charge in [-0.05, 0) is 30.7 Å². The van der Waals surface area contributed by atoms with Gasteiger partial charge in [0.2, 0.25) is 0 Å². The number of imidazole rings is 1. The summed E-state index contributed by atoms with van der Waals surface area (Å²) >= 11 is 0. The predicted molar refractivity (Wildman–Crippen MR) is 78.5 cm³/mol. The van der Waals surface area contributed by atoms with Gasteiger partial charge in [0, 0.05) is 18.0 Å². The summed E-state index contributed by atoms with van der Waals surface area (Å²) in [5.41, 5.74) is -0.0826. The molecule has 0 spiro atoms. The van der Waals surface area contributed by atoms with E-state index in [0.29, 0.717) is 17.8 Å². The van der Waals surface area contributed by atoms with Gasteiger partial charge in [-0.2, -0.15) is 23.4 Å². The summed E-state index contributed by atoms with van der Waals surface area (Å²) < 4.78 is 53.8. The maximum atomic E-state index is 13.4. The van der Waals surface area contributed by atoms with Crippen molar-refractivity contribution in [3.05, 3.63) is 65.8 Å². The van der Waals surface area contributed by atoms with Crippen LogP contribution in [0.4, 0.5) is 17.6 Å². The van der Waals surface area contributed by atoms with E-state index in [-0.39, 0.29) is 5.56 Å². The van der Waals surface area contributed by atoms with Crippen LogP contribution in [0.2, 0.25) is 0 Å². The standard InChI is InChI=1S/C16H12F4N4/c1-10-21-4-5-24(10)9-13-6-12(8-22-23-13)11-2-3-15(17)14(7-11)16(18,19)20/h2-8H,9H2,1H3. The van der Waals surface area contributed by atoms with Crippen LogP contribution in [0.3, 0.4) is 0 Å². The molecule has 0 aliphatic carbocycles. The van der Waals surface area contributed by atoms with E-state index in [1.807, 2.05) is 11.5 Å². The van der Waals surface area contributed by atoms with E-state index in [1.165, 1.54) is 12.3 Å². The van der Waals surface area contributed by atoms with E-state index in [1.54, 1.807) is 18.5 Å². The Morgan fingerprint density at radius 3 is 2.58 bits per heavy atom. The van der Waals surface area contributed by atoms with Crippen LogP contribution in [0, 0.1) is 12.7 Å². The molecular weight excluding hydrogens is 324 g/mol. The van der Waals surface area contributed by atoms with Gasteiger partial charge in [0.25, 0.3) is 0 Å². The zero-order valence-electron chi connectivity index (χ0n) is 12.5. The zero-order valence-corrected chi connectivity index (χ0v) is 12.5. The molecule has 2 heterocycles. The summed E-state index contributed by atoms with van der Waals surface area (Å²) in [6.07, 6.45) is 0.000492. The Bertz CT molecular complexity index is 871. The van der Waals surface area contributed by atoms with E-state index in [9.17, 15) is 17.6 Å². The van der Waals surface area contributed by atoms with Crippen molar-refractivity contribution in [3.63, 3.8) is 0 Å². The quantitative estimate of drug-likeness (QED) is 0.682. The first-order valence-electron chi connectivity index (χ1n) is 7.01. The largest absolute Gasteiger partial charge is 0.419 e. The molecule has 2 aromatic heterocycles. The molecule has 0 aliphatic rings. The van der Waals surface area contributed by atoms with E-state index in [2.05, 4.69) is 15.2 Å². The lowest BCUT2D eigenvalue weighted by Crippen LogP contribution is -2.08. The van der Waals surface area contributed by atoms with Gasteiger partial charge in [0.15, 0.2) is 0 Å². The van der Waals surface area contributed by atoms with E-state index < -0.39 is 17.6 Å². The van der Waals surface area contributed by atoms with Crippen molar-refractivity contribution >= 4 is 0 Å². The molecule has 0 atom stereocenters. The van der Waals surface area contributed by atoms with Gasteiger partial charge in [-0.15, -0.1) is 0 Å². The molecule has 124 valence electrons. The molecule has 0 aliphatic heterocycles. The fourth-order valence-corrected chi connectivity index (χ4v) is 2.31. The van der Waals surface area contributed by atoms with Crippen molar-refractivity contribution in [1.29, 1.82) is 0 Å². The summed E-state index contributed by atoms with van der Waals surface area (Å²) in [6.45, 7) is 2.22. The minimum atomic E-state index is -4.75. The third-order valence-electron chi connectivity index (χ3n) is 3.57. The van der Waals surface area contributed by atoms with Crippen molar-refractivity contribution in [2.24, 2.45) is 0 Å². The summed E-state index contributed by atoms with van der Waals surface area (Å²) in [7, 11) is 0. The molecule has 0 saturated carbocycles. The first-order chi connectivity index (χ1) is 11.3. The van der Waals surface area contributed by atoms with Crippen LogP contribution in [-0.2, 0) is 12.7 Å². The molecule has 3 aromatic rings. The molecule has 0 saturated heterocycles. The van der Waals surface area contributed by atoms with Crippen molar-refractivity contribution in [2.75, 3.05) is 0 Å². The Morgan fingerprint density at radius 1 is 1.12 bits per heavy atom. The number of alkyl halides is 3. The molecular formula is C16H12F4N4. The van der Waals surface area contributed by atoms with Gasteiger partial charge >= 0.3 is 6.18 Å². The minimum Gasteiger partial charge on any atom is -0.329 e. The molecule has 0 amide bonds. The highest BCUT2D eigenvalue weighted by Crippen LogP contribution is 2.34. The Balaban J connectivity index is 1.96. The van der Waals surface area contributed by atoms with E-state index in [0.717, 1.165) is 18.0 Å². The average molecular weight is 336 g/mol. The first-order valence-corrected chi connectivity index (χ1v) is 7.01. The van der Waals surface area contributed by atoms with Crippen LogP contribution in [0.5, 0.6) is 0 Å². The van der Waals surface area contributed by atoms with Crippen LogP contribution >= 0.6 is 0 Å². The zero-order chi connectivity index (χ0) is 17.3. The molecule has 24 heavy (non-hydrogen) atoms. The van der Waals surface area contributed by atoms with Crippen LogP contribution in [0.15, 0.2) is 42.9 Å². The monoisotopic (exact) mass is 336 g/mol. The number of halogens is 4. The van der Waals surface area contributed by atoms with Crippen LogP contribution in [0.25, 0.3) is 11.1 Å². The molecule has 4 nitrogen and oxygen atoms in total. The van der Waals surface area contributed by atoms with Crippen molar-refractivity contribution in [2.45, 2.75) is 19.6 Å². The van der Waals surface area contributed by atoms with Gasteiger partial charge in [-0.25, -0.2) is 9.37 Å². The molecule has 0 unspecified atom stereocenters. The lowest BCUT2D eigenvalue weighted by Gasteiger charge is -2.11. The van der Waals surface area contributed by atoms with Gasteiger partial charge in [0.05, 0.1) is 24.0 Å². The maximum Gasteiger partial charge on any atom is 0.419 e.